The molecule has 1 aromatic carbocycles. The zero-order chi connectivity index (χ0) is 14.7. The molecule has 22 heavy (non-hydrogen) atoms. The first-order valence-corrected chi connectivity index (χ1v) is 8.86. The van der Waals surface area contributed by atoms with Gasteiger partial charge in [0.15, 0.2) is 0 Å². The van der Waals surface area contributed by atoms with Crippen molar-refractivity contribution in [2.75, 3.05) is 26.2 Å². The third-order valence-electron chi connectivity index (χ3n) is 3.50. The van der Waals surface area contributed by atoms with Crippen LogP contribution in [-0.2, 0) is 0 Å². The van der Waals surface area contributed by atoms with E-state index in [2.05, 4.69) is 64.6 Å². The molecule has 0 saturated carbocycles. The Hall–Kier alpha value is 0.700. The number of phenols is 1. The fraction of sp³-hybridized carbons (Fsp3) is 0.429. The minimum atomic E-state index is 0. The first-order chi connectivity index (χ1) is 9.56. The van der Waals surface area contributed by atoms with E-state index in [-0.39, 0.29) is 36.6 Å². The van der Waals surface area contributed by atoms with Crippen LogP contribution >= 0.6 is 72.6 Å². The average molecular weight is 542 g/mol. The van der Waals surface area contributed by atoms with E-state index in [1.807, 2.05) is 12.1 Å². The summed E-state index contributed by atoms with van der Waals surface area (Å²) < 4.78 is 2.40. The Labute approximate surface area is 169 Å². The normalized spacial score (nSPS) is 16.3. The predicted octanol–water partition coefficient (Wildman–Crippen LogP) is 5.05. The second-order valence-electron chi connectivity index (χ2n) is 4.74. The van der Waals surface area contributed by atoms with E-state index >= 15 is 0 Å². The second-order valence-corrected chi connectivity index (χ2v) is 7.24. The molecule has 0 aromatic heterocycles. The number of nitrogens with one attached hydrogen (secondary N) is 1. The standard InChI is InChI=1S/C14H17Br3N2O.2ClH/c1-2-3-11(19-6-4-18-5-7-19)12-9(15)8-10(16)14(20)13(12)17;;/h2,8,11,18,20H,1,3-7H2;2*1H/t11-;;/m0../s1. The van der Waals surface area contributed by atoms with Crippen LogP contribution in [0.2, 0.25) is 0 Å². The first-order valence-electron chi connectivity index (χ1n) is 6.48. The molecule has 0 unspecified atom stereocenters. The highest BCUT2D eigenvalue weighted by atomic mass is 79.9. The number of hydrogen-bond acceptors (Lipinski definition) is 3. The number of phenolic OH excluding ortho intramolecular Hbond substituents is 1. The van der Waals surface area contributed by atoms with Gasteiger partial charge < -0.3 is 10.4 Å². The van der Waals surface area contributed by atoms with Gasteiger partial charge in [0.1, 0.15) is 5.75 Å². The maximum Gasteiger partial charge on any atom is 0.144 e. The van der Waals surface area contributed by atoms with E-state index < -0.39 is 0 Å². The van der Waals surface area contributed by atoms with Crippen LogP contribution in [0.4, 0.5) is 0 Å². The highest BCUT2D eigenvalue weighted by Crippen LogP contribution is 2.44. The van der Waals surface area contributed by atoms with Gasteiger partial charge in [-0.05, 0) is 44.3 Å². The van der Waals surface area contributed by atoms with E-state index in [1.54, 1.807) is 0 Å². The summed E-state index contributed by atoms with van der Waals surface area (Å²) in [4.78, 5) is 2.43. The molecule has 1 fully saturated rings. The van der Waals surface area contributed by atoms with Gasteiger partial charge in [-0.15, -0.1) is 31.4 Å². The highest BCUT2D eigenvalue weighted by molar-refractivity contribution is 9.11. The maximum absolute atomic E-state index is 10.2. The topological polar surface area (TPSA) is 35.5 Å². The van der Waals surface area contributed by atoms with Crippen LogP contribution in [0.15, 0.2) is 32.1 Å². The van der Waals surface area contributed by atoms with Crippen molar-refractivity contribution in [1.82, 2.24) is 10.2 Å². The van der Waals surface area contributed by atoms with Gasteiger partial charge in [0.25, 0.3) is 0 Å². The molecule has 0 bridgehead atoms. The first kappa shape index (κ1) is 22.7. The quantitative estimate of drug-likeness (QED) is 0.524. The summed E-state index contributed by atoms with van der Waals surface area (Å²) in [6, 6.07) is 2.10. The predicted molar refractivity (Wildman–Crippen MR) is 108 cm³/mol. The third-order valence-corrected chi connectivity index (χ3v) is 5.56. The zero-order valence-corrected chi connectivity index (χ0v) is 18.2. The summed E-state index contributed by atoms with van der Waals surface area (Å²) in [5, 5.41) is 13.5. The van der Waals surface area contributed by atoms with Crippen molar-refractivity contribution in [3.8, 4) is 5.75 Å². The third kappa shape index (κ3) is 5.10. The molecule has 1 atom stereocenters. The summed E-state index contributed by atoms with van der Waals surface area (Å²) in [6.07, 6.45) is 2.78. The Bertz CT molecular complexity index is 511. The van der Waals surface area contributed by atoms with Crippen LogP contribution in [0.1, 0.15) is 18.0 Å². The molecule has 0 aliphatic carbocycles. The van der Waals surface area contributed by atoms with Gasteiger partial charge in [-0.25, -0.2) is 0 Å². The van der Waals surface area contributed by atoms with Crippen molar-refractivity contribution in [2.45, 2.75) is 12.5 Å². The molecule has 2 N–H and O–H groups in total. The summed E-state index contributed by atoms with van der Waals surface area (Å²) in [6.45, 7) is 7.85. The van der Waals surface area contributed by atoms with Crippen LogP contribution in [-0.4, -0.2) is 36.2 Å². The maximum atomic E-state index is 10.2. The lowest BCUT2D eigenvalue weighted by atomic mass is 10.0. The fourth-order valence-corrected chi connectivity index (χ4v) is 5.15. The van der Waals surface area contributed by atoms with Crippen molar-refractivity contribution in [2.24, 2.45) is 0 Å². The van der Waals surface area contributed by atoms with Crippen LogP contribution in [0, 0.1) is 0 Å². The lowest BCUT2D eigenvalue weighted by Crippen LogP contribution is -2.45. The fourth-order valence-electron chi connectivity index (χ4n) is 2.50. The van der Waals surface area contributed by atoms with Crippen LogP contribution in [0.5, 0.6) is 5.75 Å². The van der Waals surface area contributed by atoms with E-state index in [4.69, 9.17) is 0 Å². The molecule has 1 aliphatic heterocycles. The number of piperazine rings is 1. The van der Waals surface area contributed by atoms with Crippen molar-refractivity contribution >= 4 is 72.6 Å². The molecule has 2 rings (SSSR count). The average Bonchev–Trinajstić information content (AvgIpc) is 2.45. The van der Waals surface area contributed by atoms with Crippen LogP contribution in [0.3, 0.4) is 0 Å². The summed E-state index contributed by atoms with van der Waals surface area (Å²) in [5.74, 6) is 0.243. The molecule has 1 aliphatic rings. The Balaban J connectivity index is 0.00000220. The molecular formula is C14H19Br3Cl2N2O. The lowest BCUT2D eigenvalue weighted by Gasteiger charge is -2.36. The smallest absolute Gasteiger partial charge is 0.144 e. The van der Waals surface area contributed by atoms with Crippen molar-refractivity contribution in [3.05, 3.63) is 37.7 Å². The zero-order valence-electron chi connectivity index (χ0n) is 11.8. The van der Waals surface area contributed by atoms with Crippen molar-refractivity contribution in [1.29, 1.82) is 0 Å². The highest BCUT2D eigenvalue weighted by Gasteiger charge is 2.26. The number of rotatable bonds is 4. The Kier molecular flexibility index (Phi) is 10.9. The SMILES string of the molecule is C=CC[C@@H](c1c(Br)cc(Br)c(O)c1Br)N1CCNCC1.Cl.Cl. The van der Waals surface area contributed by atoms with Gasteiger partial charge in [-0.2, -0.15) is 0 Å². The van der Waals surface area contributed by atoms with Gasteiger partial charge in [0.2, 0.25) is 0 Å². The van der Waals surface area contributed by atoms with E-state index in [1.165, 1.54) is 0 Å². The molecule has 126 valence electrons. The molecule has 1 saturated heterocycles. The molecular weight excluding hydrogens is 523 g/mol. The minimum absolute atomic E-state index is 0. The summed E-state index contributed by atoms with van der Waals surface area (Å²) in [5.41, 5.74) is 1.08. The largest absolute Gasteiger partial charge is 0.506 e. The van der Waals surface area contributed by atoms with Gasteiger partial charge in [-0.3, -0.25) is 4.90 Å². The van der Waals surface area contributed by atoms with Crippen molar-refractivity contribution < 1.29 is 5.11 Å². The van der Waals surface area contributed by atoms with Crippen molar-refractivity contribution in [3.63, 3.8) is 0 Å². The molecule has 0 radical (unpaired) electrons. The molecule has 1 aromatic rings. The Morgan fingerprint density at radius 3 is 2.36 bits per heavy atom. The Morgan fingerprint density at radius 2 is 1.82 bits per heavy atom. The van der Waals surface area contributed by atoms with E-state index in [9.17, 15) is 5.11 Å². The van der Waals surface area contributed by atoms with Gasteiger partial charge in [0.05, 0.1) is 8.95 Å². The number of halogens is 5. The second kappa shape index (κ2) is 10.5. The summed E-state index contributed by atoms with van der Waals surface area (Å²) >= 11 is 10.5. The number of nitrogens with zero attached hydrogens (tertiary/aromatic N) is 1. The molecule has 0 spiro atoms. The van der Waals surface area contributed by atoms with E-state index in [0.29, 0.717) is 4.47 Å². The monoisotopic (exact) mass is 538 g/mol. The number of benzene rings is 1. The van der Waals surface area contributed by atoms with Crippen LogP contribution < -0.4 is 5.32 Å². The summed E-state index contributed by atoms with van der Waals surface area (Å²) in [7, 11) is 0. The minimum Gasteiger partial charge on any atom is -0.506 e. The van der Waals surface area contributed by atoms with Gasteiger partial charge in [0, 0.05) is 42.3 Å². The Morgan fingerprint density at radius 1 is 1.23 bits per heavy atom. The van der Waals surface area contributed by atoms with Gasteiger partial charge >= 0.3 is 0 Å². The number of hydrogen-bond donors (Lipinski definition) is 2. The number of aromatic hydroxyl groups is 1. The molecule has 3 nitrogen and oxygen atoms in total. The molecule has 1 heterocycles. The van der Waals surface area contributed by atoms with E-state index in [0.717, 1.165) is 47.1 Å². The molecule has 8 heteroatoms. The molecule has 0 amide bonds. The van der Waals surface area contributed by atoms with Crippen LogP contribution in [0.25, 0.3) is 0 Å². The van der Waals surface area contributed by atoms with Gasteiger partial charge in [-0.1, -0.05) is 22.0 Å². The lowest BCUT2D eigenvalue weighted by molar-refractivity contribution is 0.173.